The van der Waals surface area contributed by atoms with Crippen LogP contribution in [-0.2, 0) is 22.3 Å². The number of carbonyl (C=O) groups is 5. The minimum absolute atomic E-state index is 0.0577. The molecule has 3 aromatic carbocycles. The maximum Gasteiger partial charge on any atom is 0.416 e. The molecule has 3 saturated heterocycles. The number of halogens is 3. The average molecular weight is 673 g/mol. The zero-order chi connectivity index (χ0) is 34.5. The van der Waals surface area contributed by atoms with Gasteiger partial charge in [0.1, 0.15) is 6.04 Å². The van der Waals surface area contributed by atoms with Crippen LogP contribution in [0.15, 0.2) is 66.7 Å². The second-order valence-electron chi connectivity index (χ2n) is 13.5. The largest absolute Gasteiger partial charge is 0.416 e. The summed E-state index contributed by atoms with van der Waals surface area (Å²) in [6.07, 6.45) is -0.736. The highest BCUT2D eigenvalue weighted by Gasteiger charge is 2.46. The Kier molecular flexibility index (Phi) is 8.38. The number of likely N-dealkylation sites (tertiary alicyclic amines) is 2. The molecule has 0 aromatic heterocycles. The molecular formula is C37H35F3N4O5. The van der Waals surface area contributed by atoms with Crippen LogP contribution in [0.5, 0.6) is 0 Å². The van der Waals surface area contributed by atoms with Gasteiger partial charge < -0.3 is 4.90 Å². The van der Waals surface area contributed by atoms with Gasteiger partial charge in [-0.1, -0.05) is 42.5 Å². The molecule has 1 atom stereocenters. The molecule has 49 heavy (non-hydrogen) atoms. The molecule has 0 saturated carbocycles. The van der Waals surface area contributed by atoms with Crippen LogP contribution in [0.25, 0.3) is 11.1 Å². The summed E-state index contributed by atoms with van der Waals surface area (Å²) in [4.78, 5) is 68.9. The van der Waals surface area contributed by atoms with E-state index in [9.17, 15) is 37.1 Å². The zero-order valence-electron chi connectivity index (χ0n) is 26.7. The lowest BCUT2D eigenvalue weighted by Gasteiger charge is -2.47. The fourth-order valence-electron chi connectivity index (χ4n) is 7.68. The third kappa shape index (κ3) is 6.25. The number of nitrogens with one attached hydrogen (secondary N) is 1. The van der Waals surface area contributed by atoms with Gasteiger partial charge >= 0.3 is 6.18 Å². The molecule has 4 aliphatic rings. The van der Waals surface area contributed by atoms with Gasteiger partial charge in [-0.2, -0.15) is 13.2 Å². The molecule has 4 heterocycles. The Balaban J connectivity index is 0.952. The van der Waals surface area contributed by atoms with Crippen molar-refractivity contribution < 1.29 is 37.1 Å². The van der Waals surface area contributed by atoms with Crippen molar-refractivity contribution in [3.8, 4) is 11.1 Å². The normalized spacial score (nSPS) is 21.2. The van der Waals surface area contributed by atoms with Crippen LogP contribution < -0.4 is 5.32 Å². The quantitative estimate of drug-likeness (QED) is 0.370. The van der Waals surface area contributed by atoms with E-state index < -0.39 is 41.4 Å². The van der Waals surface area contributed by atoms with Crippen molar-refractivity contribution in [3.63, 3.8) is 0 Å². The van der Waals surface area contributed by atoms with Crippen molar-refractivity contribution in [1.82, 2.24) is 20.0 Å². The van der Waals surface area contributed by atoms with Gasteiger partial charge in [-0.25, -0.2) is 0 Å². The highest BCUT2D eigenvalue weighted by molar-refractivity contribution is 6.25. The van der Waals surface area contributed by atoms with Crippen molar-refractivity contribution in [3.05, 3.63) is 94.5 Å². The van der Waals surface area contributed by atoms with E-state index >= 15 is 0 Å². The van der Waals surface area contributed by atoms with Gasteiger partial charge in [-0.3, -0.25) is 39.1 Å². The number of nitrogens with zero attached hydrogens (tertiary/aromatic N) is 3. The van der Waals surface area contributed by atoms with E-state index in [1.807, 2.05) is 24.3 Å². The van der Waals surface area contributed by atoms with Crippen molar-refractivity contribution in [2.24, 2.45) is 5.41 Å². The second-order valence-corrected chi connectivity index (χ2v) is 13.5. The van der Waals surface area contributed by atoms with Gasteiger partial charge in [0.25, 0.3) is 17.7 Å². The minimum atomic E-state index is -4.49. The standard InChI is InChI=1S/C37H35F3N4O5/c38-37(39,40)26-4-1-3-25(21-26)33(47)43-19-15-36(16-20-43)13-17-42(18-14-36)22-23-7-9-24(10-8-23)27-5-2-6-28-31(27)35(49)44(34(28)48)29-11-12-30(45)41-32(29)46/h1-10,21,29H,11-20,22H2,(H,41,45,46). The van der Waals surface area contributed by atoms with Crippen LogP contribution >= 0.6 is 0 Å². The van der Waals surface area contributed by atoms with Gasteiger partial charge in [0.05, 0.1) is 16.7 Å². The monoisotopic (exact) mass is 672 g/mol. The maximum atomic E-state index is 13.5. The summed E-state index contributed by atoms with van der Waals surface area (Å²) in [5, 5.41) is 2.22. The van der Waals surface area contributed by atoms with Gasteiger partial charge in [0, 0.05) is 31.6 Å². The molecule has 1 N–H and O–H groups in total. The van der Waals surface area contributed by atoms with Crippen LogP contribution in [0.1, 0.15) is 80.7 Å². The fourth-order valence-corrected chi connectivity index (χ4v) is 7.68. The molecular weight excluding hydrogens is 637 g/mol. The highest BCUT2D eigenvalue weighted by atomic mass is 19.4. The first-order valence-electron chi connectivity index (χ1n) is 16.6. The lowest BCUT2D eigenvalue weighted by atomic mass is 9.71. The van der Waals surface area contributed by atoms with Gasteiger partial charge in [-0.05, 0) is 91.6 Å². The second kappa shape index (κ2) is 12.6. The van der Waals surface area contributed by atoms with E-state index in [1.54, 1.807) is 23.1 Å². The first kappa shape index (κ1) is 32.7. The van der Waals surface area contributed by atoms with Crippen LogP contribution in [0.4, 0.5) is 13.2 Å². The van der Waals surface area contributed by atoms with Gasteiger partial charge in [0.2, 0.25) is 11.8 Å². The fraction of sp³-hybridized carbons (Fsp3) is 0.378. The molecule has 4 aliphatic heterocycles. The number of imide groups is 2. The Hall–Kier alpha value is -4.84. The van der Waals surface area contributed by atoms with Crippen molar-refractivity contribution in [2.75, 3.05) is 26.2 Å². The lowest BCUT2D eigenvalue weighted by molar-refractivity contribution is -0.138. The number of fused-ring (bicyclic) bond motifs is 1. The molecule has 0 aliphatic carbocycles. The number of piperidine rings is 3. The summed E-state index contributed by atoms with van der Waals surface area (Å²) in [5.74, 6) is -2.50. The molecule has 1 unspecified atom stereocenters. The molecule has 12 heteroatoms. The molecule has 5 amide bonds. The van der Waals surface area contributed by atoms with E-state index in [-0.39, 0.29) is 40.9 Å². The van der Waals surface area contributed by atoms with Crippen molar-refractivity contribution in [2.45, 2.75) is 57.3 Å². The Bertz CT molecular complexity index is 1840. The molecule has 0 bridgehead atoms. The van der Waals surface area contributed by atoms with Crippen LogP contribution in [-0.4, -0.2) is 76.5 Å². The molecule has 3 fully saturated rings. The summed E-state index contributed by atoms with van der Waals surface area (Å²) in [6, 6.07) is 16.6. The Morgan fingerprint density at radius 2 is 1.47 bits per heavy atom. The number of hydrogen-bond donors (Lipinski definition) is 1. The molecule has 254 valence electrons. The zero-order valence-corrected chi connectivity index (χ0v) is 26.7. The third-order valence-corrected chi connectivity index (χ3v) is 10.6. The maximum absolute atomic E-state index is 13.5. The molecule has 3 aromatic rings. The first-order valence-corrected chi connectivity index (χ1v) is 16.6. The molecule has 9 nitrogen and oxygen atoms in total. The summed E-state index contributed by atoms with van der Waals surface area (Å²) < 4.78 is 39.5. The van der Waals surface area contributed by atoms with Crippen LogP contribution in [0.3, 0.4) is 0 Å². The highest BCUT2D eigenvalue weighted by Crippen LogP contribution is 2.42. The number of hydrogen-bond acceptors (Lipinski definition) is 6. The molecule has 0 radical (unpaired) electrons. The topological polar surface area (TPSA) is 107 Å². The predicted molar refractivity (Wildman–Crippen MR) is 172 cm³/mol. The van der Waals surface area contributed by atoms with E-state index in [2.05, 4.69) is 10.2 Å². The average Bonchev–Trinajstić information content (AvgIpc) is 3.35. The number of carbonyl (C=O) groups excluding carboxylic acids is 5. The summed E-state index contributed by atoms with van der Waals surface area (Å²) in [5.41, 5.74) is 2.34. The SMILES string of the molecule is O=C1CCC(N2C(=O)c3cccc(-c4ccc(CN5CCC6(CC5)CCN(C(=O)c5cccc(C(F)(F)F)c5)CC6)cc4)c3C2=O)C(=O)N1. The summed E-state index contributed by atoms with van der Waals surface area (Å²) in [6.45, 7) is 3.58. The van der Waals surface area contributed by atoms with Crippen molar-refractivity contribution in [1.29, 1.82) is 0 Å². The Morgan fingerprint density at radius 1 is 0.816 bits per heavy atom. The predicted octanol–water partition coefficient (Wildman–Crippen LogP) is 5.29. The third-order valence-electron chi connectivity index (χ3n) is 10.6. The van der Waals surface area contributed by atoms with E-state index in [0.717, 1.165) is 73.5 Å². The van der Waals surface area contributed by atoms with Crippen LogP contribution in [0.2, 0.25) is 0 Å². The lowest BCUT2D eigenvalue weighted by Crippen LogP contribution is -2.54. The van der Waals surface area contributed by atoms with E-state index in [1.165, 1.54) is 12.1 Å². The number of benzene rings is 3. The Labute approximate surface area is 281 Å². The van der Waals surface area contributed by atoms with E-state index in [0.29, 0.717) is 18.7 Å². The summed E-state index contributed by atoms with van der Waals surface area (Å²) in [7, 11) is 0. The molecule has 7 rings (SSSR count). The Morgan fingerprint density at radius 3 is 2.14 bits per heavy atom. The number of alkyl halides is 3. The van der Waals surface area contributed by atoms with Gasteiger partial charge in [0.15, 0.2) is 0 Å². The molecule has 1 spiro atoms. The smallest absolute Gasteiger partial charge is 0.339 e. The van der Waals surface area contributed by atoms with Crippen molar-refractivity contribution >= 4 is 29.5 Å². The summed E-state index contributed by atoms with van der Waals surface area (Å²) >= 11 is 0. The van der Waals surface area contributed by atoms with Crippen LogP contribution in [0, 0.1) is 5.41 Å². The van der Waals surface area contributed by atoms with E-state index in [4.69, 9.17) is 0 Å². The minimum Gasteiger partial charge on any atom is -0.339 e. The van der Waals surface area contributed by atoms with Gasteiger partial charge in [-0.15, -0.1) is 0 Å². The first-order chi connectivity index (χ1) is 23.4. The number of rotatable bonds is 5. The number of amides is 5.